The average Bonchev–Trinajstić information content (AvgIpc) is 2.17. The van der Waals surface area contributed by atoms with Gasteiger partial charge in [-0.15, -0.1) is 0 Å². The first-order chi connectivity index (χ1) is 6.27. The molecule has 3 nitrogen and oxygen atoms in total. The van der Waals surface area contributed by atoms with Crippen LogP contribution in [0, 0.1) is 0 Å². The lowest BCUT2D eigenvalue weighted by atomic mass is 10.1. The maximum atomic E-state index is 10.9. The largest absolute Gasteiger partial charge is 0.366 e. The van der Waals surface area contributed by atoms with Gasteiger partial charge >= 0.3 is 0 Å². The van der Waals surface area contributed by atoms with E-state index >= 15 is 0 Å². The van der Waals surface area contributed by atoms with E-state index in [0.29, 0.717) is 12.0 Å². The molecule has 0 bridgehead atoms. The fourth-order valence-corrected chi connectivity index (χ4v) is 1.36. The molecule has 13 heavy (non-hydrogen) atoms. The van der Waals surface area contributed by atoms with Gasteiger partial charge in [0.1, 0.15) is 0 Å². The van der Waals surface area contributed by atoms with Crippen molar-refractivity contribution >= 4 is 5.91 Å². The van der Waals surface area contributed by atoms with Crippen LogP contribution in [0.4, 0.5) is 0 Å². The molecule has 0 unspecified atom stereocenters. The maximum Gasteiger partial charge on any atom is 0.246 e. The molecule has 0 atom stereocenters. The van der Waals surface area contributed by atoms with Crippen LogP contribution in [0.1, 0.15) is 6.42 Å². The molecule has 1 amide bonds. The number of fused-ring (bicyclic) bond motifs is 1. The lowest BCUT2D eigenvalue weighted by Crippen LogP contribution is -2.21. The van der Waals surface area contributed by atoms with E-state index in [1.54, 1.807) is 6.20 Å². The molecule has 0 saturated heterocycles. The van der Waals surface area contributed by atoms with E-state index in [4.69, 9.17) is 5.73 Å². The Balaban J connectivity index is 2.27. The number of hydrogen-bond acceptors (Lipinski definition) is 2. The molecule has 0 radical (unpaired) electrons. The van der Waals surface area contributed by atoms with Crippen LogP contribution in [0.25, 0.3) is 0 Å². The number of nitrogens with two attached hydrogens (primary N) is 1. The molecule has 2 aliphatic heterocycles. The third kappa shape index (κ3) is 1.40. The molecule has 0 spiro atoms. The highest BCUT2D eigenvalue weighted by Crippen LogP contribution is 2.21. The molecule has 2 N–H and O–H groups in total. The van der Waals surface area contributed by atoms with Crippen LogP contribution in [0.15, 0.2) is 48.0 Å². The zero-order valence-electron chi connectivity index (χ0n) is 7.10. The summed E-state index contributed by atoms with van der Waals surface area (Å²) in [4.78, 5) is 12.8. The predicted octanol–water partition coefficient (Wildman–Crippen LogP) is 1.03. The van der Waals surface area contributed by atoms with Gasteiger partial charge in [0.25, 0.3) is 0 Å². The van der Waals surface area contributed by atoms with Crippen LogP contribution >= 0.6 is 0 Å². The van der Waals surface area contributed by atoms with Gasteiger partial charge in [-0.2, -0.15) is 0 Å². The lowest BCUT2D eigenvalue weighted by molar-refractivity contribution is -0.114. The highest BCUT2D eigenvalue weighted by molar-refractivity contribution is 5.92. The smallest absolute Gasteiger partial charge is 0.246 e. The van der Waals surface area contributed by atoms with Crippen molar-refractivity contribution < 1.29 is 4.79 Å². The number of carbonyl (C=O) groups excluding carboxylic acids is 1. The standard InChI is InChI=1S/C10H10N2O/c11-10(13)8-4-5-9-3-1-2-6-12(9)7-8/h1-3,5-7H,4H2,(H2,11,13). The third-order valence-electron chi connectivity index (χ3n) is 2.07. The highest BCUT2D eigenvalue weighted by atomic mass is 16.1. The summed E-state index contributed by atoms with van der Waals surface area (Å²) in [6.07, 6.45) is 12.2. The van der Waals surface area contributed by atoms with E-state index in [-0.39, 0.29) is 5.91 Å². The number of rotatable bonds is 1. The van der Waals surface area contributed by atoms with Crippen LogP contribution in [0.5, 0.6) is 0 Å². The van der Waals surface area contributed by atoms with Crippen molar-refractivity contribution in [1.82, 2.24) is 4.90 Å². The van der Waals surface area contributed by atoms with E-state index in [1.165, 1.54) is 0 Å². The van der Waals surface area contributed by atoms with Gasteiger partial charge in [0.05, 0.1) is 0 Å². The number of hydrogen-bond donors (Lipinski definition) is 1. The average molecular weight is 174 g/mol. The fraction of sp³-hybridized carbons (Fsp3) is 0.100. The predicted molar refractivity (Wildman–Crippen MR) is 50.1 cm³/mol. The minimum atomic E-state index is -0.349. The summed E-state index contributed by atoms with van der Waals surface area (Å²) >= 11 is 0. The topological polar surface area (TPSA) is 46.3 Å². The number of carbonyl (C=O) groups is 1. The molecule has 2 heterocycles. The lowest BCUT2D eigenvalue weighted by Gasteiger charge is -2.24. The Kier molecular flexibility index (Phi) is 1.77. The van der Waals surface area contributed by atoms with Crippen molar-refractivity contribution in [2.45, 2.75) is 6.42 Å². The Labute approximate surface area is 76.5 Å². The van der Waals surface area contributed by atoms with Gasteiger partial charge in [0.2, 0.25) is 5.91 Å². The van der Waals surface area contributed by atoms with Crippen LogP contribution in [0.2, 0.25) is 0 Å². The van der Waals surface area contributed by atoms with Crippen LogP contribution in [-0.4, -0.2) is 10.8 Å². The van der Waals surface area contributed by atoms with Crippen molar-refractivity contribution in [3.63, 3.8) is 0 Å². The molecule has 2 aliphatic rings. The Bertz CT molecular complexity index is 361. The molecule has 0 saturated carbocycles. The molecule has 66 valence electrons. The van der Waals surface area contributed by atoms with Gasteiger partial charge in [-0.25, -0.2) is 0 Å². The third-order valence-corrected chi connectivity index (χ3v) is 2.07. The van der Waals surface area contributed by atoms with E-state index in [0.717, 1.165) is 5.70 Å². The molecule has 0 aliphatic carbocycles. The van der Waals surface area contributed by atoms with Crippen molar-refractivity contribution in [2.75, 3.05) is 0 Å². The molecular formula is C10H10N2O. The molecule has 0 fully saturated rings. The van der Waals surface area contributed by atoms with Crippen molar-refractivity contribution in [2.24, 2.45) is 5.73 Å². The Morgan fingerprint density at radius 3 is 3.08 bits per heavy atom. The molecule has 0 aromatic rings. The molecule has 2 rings (SSSR count). The van der Waals surface area contributed by atoms with Crippen LogP contribution in [-0.2, 0) is 4.79 Å². The second kappa shape index (κ2) is 2.94. The van der Waals surface area contributed by atoms with Crippen LogP contribution in [0.3, 0.4) is 0 Å². The second-order valence-electron chi connectivity index (χ2n) is 2.96. The van der Waals surface area contributed by atoms with Gasteiger partial charge in [0.15, 0.2) is 0 Å². The van der Waals surface area contributed by atoms with Gasteiger partial charge in [-0.1, -0.05) is 12.2 Å². The normalized spacial score (nSPS) is 19.2. The minimum Gasteiger partial charge on any atom is -0.366 e. The van der Waals surface area contributed by atoms with Gasteiger partial charge in [-0.3, -0.25) is 4.79 Å². The summed E-state index contributed by atoms with van der Waals surface area (Å²) in [5.74, 6) is -0.349. The van der Waals surface area contributed by atoms with E-state index in [9.17, 15) is 4.79 Å². The van der Waals surface area contributed by atoms with E-state index in [2.05, 4.69) is 0 Å². The highest BCUT2D eigenvalue weighted by Gasteiger charge is 2.13. The minimum absolute atomic E-state index is 0.349. The number of nitrogens with zero attached hydrogens (tertiary/aromatic N) is 1. The summed E-state index contributed by atoms with van der Waals surface area (Å²) in [6.45, 7) is 0. The first kappa shape index (κ1) is 7.86. The van der Waals surface area contributed by atoms with E-state index in [1.807, 2.05) is 35.4 Å². The number of allylic oxidation sites excluding steroid dienone is 4. The van der Waals surface area contributed by atoms with Crippen LogP contribution < -0.4 is 5.73 Å². The molecular weight excluding hydrogens is 164 g/mol. The first-order valence-corrected chi connectivity index (χ1v) is 4.11. The number of primary amides is 1. The summed E-state index contributed by atoms with van der Waals surface area (Å²) in [7, 11) is 0. The van der Waals surface area contributed by atoms with Gasteiger partial charge < -0.3 is 10.6 Å². The molecule has 3 heteroatoms. The van der Waals surface area contributed by atoms with Gasteiger partial charge in [-0.05, 0) is 18.6 Å². The SMILES string of the molecule is NC(=O)C1=CN2C=CC=CC2=CC1. The maximum absolute atomic E-state index is 10.9. The summed E-state index contributed by atoms with van der Waals surface area (Å²) in [6, 6.07) is 0. The number of amides is 1. The quantitative estimate of drug-likeness (QED) is 0.645. The van der Waals surface area contributed by atoms with Crippen molar-refractivity contribution in [3.8, 4) is 0 Å². The summed E-state index contributed by atoms with van der Waals surface area (Å²) in [5, 5.41) is 0. The fourth-order valence-electron chi connectivity index (χ4n) is 1.36. The second-order valence-corrected chi connectivity index (χ2v) is 2.96. The Morgan fingerprint density at radius 1 is 1.46 bits per heavy atom. The first-order valence-electron chi connectivity index (χ1n) is 4.11. The summed E-state index contributed by atoms with van der Waals surface area (Å²) < 4.78 is 0. The molecule has 0 aromatic heterocycles. The summed E-state index contributed by atoms with van der Waals surface area (Å²) in [5.41, 5.74) is 6.92. The van der Waals surface area contributed by atoms with Crippen molar-refractivity contribution in [1.29, 1.82) is 0 Å². The zero-order valence-corrected chi connectivity index (χ0v) is 7.10. The zero-order chi connectivity index (χ0) is 9.26. The van der Waals surface area contributed by atoms with Crippen molar-refractivity contribution in [3.05, 3.63) is 48.0 Å². The van der Waals surface area contributed by atoms with E-state index < -0.39 is 0 Å². The molecule has 0 aromatic carbocycles. The van der Waals surface area contributed by atoms with Gasteiger partial charge in [0, 0.05) is 23.7 Å². The Morgan fingerprint density at radius 2 is 2.31 bits per heavy atom. The Hall–Kier alpha value is -1.77. The monoisotopic (exact) mass is 174 g/mol.